The summed E-state index contributed by atoms with van der Waals surface area (Å²) >= 11 is 0. The summed E-state index contributed by atoms with van der Waals surface area (Å²) in [6.45, 7) is 3.96. The highest BCUT2D eigenvalue weighted by molar-refractivity contribution is 6.08. The van der Waals surface area contributed by atoms with Gasteiger partial charge in [-0.3, -0.25) is 4.79 Å². The Bertz CT molecular complexity index is 584. The largest absolute Gasteiger partial charge is 0.461 e. The van der Waals surface area contributed by atoms with Crippen LogP contribution in [0, 0.1) is 6.92 Å². The van der Waals surface area contributed by atoms with Crippen LogP contribution in [0.3, 0.4) is 0 Å². The molecule has 0 spiro atoms. The maximum absolute atomic E-state index is 11.7. The molecule has 17 heavy (non-hydrogen) atoms. The van der Waals surface area contributed by atoms with Crippen LogP contribution in [0.4, 0.5) is 0 Å². The standard InChI is InChI=1S/C13H13NO3/c1-3-17-13(16)12-10(7-15)9-5-4-8(2)6-11(9)14-12/h4-7,14H,3H2,1-2H3. The van der Waals surface area contributed by atoms with Gasteiger partial charge in [0.25, 0.3) is 0 Å². The summed E-state index contributed by atoms with van der Waals surface area (Å²) in [6.07, 6.45) is 0.681. The van der Waals surface area contributed by atoms with Gasteiger partial charge >= 0.3 is 5.97 Å². The molecule has 1 heterocycles. The van der Waals surface area contributed by atoms with E-state index in [9.17, 15) is 9.59 Å². The molecule has 1 N–H and O–H groups in total. The lowest BCUT2D eigenvalue weighted by atomic mass is 10.1. The molecule has 1 aromatic heterocycles. The Balaban J connectivity index is 2.63. The molecule has 4 heteroatoms. The van der Waals surface area contributed by atoms with E-state index >= 15 is 0 Å². The van der Waals surface area contributed by atoms with Crippen LogP contribution in [0.1, 0.15) is 33.3 Å². The van der Waals surface area contributed by atoms with Gasteiger partial charge < -0.3 is 9.72 Å². The molecule has 0 saturated carbocycles. The maximum atomic E-state index is 11.7. The van der Waals surface area contributed by atoms with Crippen molar-refractivity contribution >= 4 is 23.2 Å². The molecule has 0 bridgehead atoms. The monoisotopic (exact) mass is 231 g/mol. The summed E-state index contributed by atoms with van der Waals surface area (Å²) in [7, 11) is 0. The van der Waals surface area contributed by atoms with Gasteiger partial charge in [0, 0.05) is 10.9 Å². The lowest BCUT2D eigenvalue weighted by Gasteiger charge is -1.98. The molecule has 4 nitrogen and oxygen atoms in total. The number of hydrogen-bond acceptors (Lipinski definition) is 3. The summed E-state index contributed by atoms with van der Waals surface area (Å²) in [5.74, 6) is -0.497. The van der Waals surface area contributed by atoms with E-state index in [1.54, 1.807) is 6.92 Å². The third-order valence-corrected chi connectivity index (χ3v) is 2.59. The summed E-state index contributed by atoms with van der Waals surface area (Å²) in [5.41, 5.74) is 2.42. The van der Waals surface area contributed by atoms with Gasteiger partial charge in [0.05, 0.1) is 12.2 Å². The molecule has 2 rings (SSSR count). The van der Waals surface area contributed by atoms with Crippen molar-refractivity contribution in [3.63, 3.8) is 0 Å². The molecule has 0 saturated heterocycles. The maximum Gasteiger partial charge on any atom is 0.355 e. The molecule has 0 atom stereocenters. The first-order valence-corrected chi connectivity index (χ1v) is 5.42. The Hall–Kier alpha value is -2.10. The second-order valence-corrected chi connectivity index (χ2v) is 3.80. The average Bonchev–Trinajstić information content (AvgIpc) is 2.66. The molecule has 88 valence electrons. The highest BCUT2D eigenvalue weighted by Gasteiger charge is 2.18. The van der Waals surface area contributed by atoms with Crippen LogP contribution in [0.25, 0.3) is 10.9 Å². The predicted octanol–water partition coefficient (Wildman–Crippen LogP) is 2.47. The zero-order chi connectivity index (χ0) is 12.4. The first-order valence-electron chi connectivity index (χ1n) is 5.42. The van der Waals surface area contributed by atoms with Gasteiger partial charge in [0.2, 0.25) is 0 Å². The summed E-state index contributed by atoms with van der Waals surface area (Å²) in [5, 5.41) is 0.744. The van der Waals surface area contributed by atoms with Crippen molar-refractivity contribution in [3.8, 4) is 0 Å². The van der Waals surface area contributed by atoms with Crippen molar-refractivity contribution in [2.75, 3.05) is 6.61 Å². The fourth-order valence-electron chi connectivity index (χ4n) is 1.82. The molecule has 0 amide bonds. The average molecular weight is 231 g/mol. The molecule has 0 unspecified atom stereocenters. The number of benzene rings is 1. The number of ether oxygens (including phenoxy) is 1. The number of aromatic nitrogens is 1. The van der Waals surface area contributed by atoms with Crippen LogP contribution in [-0.4, -0.2) is 23.8 Å². The highest BCUT2D eigenvalue weighted by atomic mass is 16.5. The number of aromatic amines is 1. The molecule has 0 aliphatic heterocycles. The van der Waals surface area contributed by atoms with E-state index < -0.39 is 5.97 Å². The summed E-state index contributed by atoms with van der Waals surface area (Å²) in [6, 6.07) is 5.62. The van der Waals surface area contributed by atoms with E-state index in [1.807, 2.05) is 25.1 Å². The zero-order valence-electron chi connectivity index (χ0n) is 9.74. The van der Waals surface area contributed by atoms with E-state index in [0.717, 1.165) is 16.5 Å². The van der Waals surface area contributed by atoms with Crippen LogP contribution >= 0.6 is 0 Å². The quantitative estimate of drug-likeness (QED) is 0.652. The molecular weight excluding hydrogens is 218 g/mol. The van der Waals surface area contributed by atoms with E-state index in [0.29, 0.717) is 11.8 Å². The lowest BCUT2D eigenvalue weighted by Crippen LogP contribution is -2.07. The van der Waals surface area contributed by atoms with Crippen LogP contribution in [0.5, 0.6) is 0 Å². The molecule has 0 aliphatic carbocycles. The Kier molecular flexibility index (Phi) is 2.95. The van der Waals surface area contributed by atoms with Gasteiger partial charge in [-0.2, -0.15) is 0 Å². The van der Waals surface area contributed by atoms with Gasteiger partial charge in [0.1, 0.15) is 5.69 Å². The smallest absolute Gasteiger partial charge is 0.355 e. The molecular formula is C13H13NO3. The minimum atomic E-state index is -0.497. The lowest BCUT2D eigenvalue weighted by molar-refractivity contribution is 0.0518. The van der Waals surface area contributed by atoms with Crippen molar-refractivity contribution in [2.24, 2.45) is 0 Å². The number of hydrogen-bond donors (Lipinski definition) is 1. The van der Waals surface area contributed by atoms with E-state index in [-0.39, 0.29) is 12.3 Å². The SMILES string of the molecule is CCOC(=O)c1[nH]c2cc(C)ccc2c1C=O. The van der Waals surface area contributed by atoms with Gasteiger partial charge in [-0.25, -0.2) is 4.79 Å². The number of H-pyrrole nitrogens is 1. The van der Waals surface area contributed by atoms with Crippen molar-refractivity contribution in [1.82, 2.24) is 4.98 Å². The Labute approximate surface area is 98.6 Å². The number of carbonyl (C=O) groups excluding carboxylic acids is 2. The zero-order valence-corrected chi connectivity index (χ0v) is 9.74. The van der Waals surface area contributed by atoms with Crippen LogP contribution in [0.15, 0.2) is 18.2 Å². The Morgan fingerprint density at radius 2 is 2.24 bits per heavy atom. The second kappa shape index (κ2) is 4.41. The van der Waals surface area contributed by atoms with Crippen LogP contribution in [0.2, 0.25) is 0 Å². The van der Waals surface area contributed by atoms with Gasteiger partial charge in [-0.05, 0) is 25.5 Å². The van der Waals surface area contributed by atoms with Crippen molar-refractivity contribution in [3.05, 3.63) is 35.0 Å². The van der Waals surface area contributed by atoms with Gasteiger partial charge in [-0.1, -0.05) is 12.1 Å². The van der Waals surface area contributed by atoms with E-state index in [2.05, 4.69) is 4.98 Å². The highest BCUT2D eigenvalue weighted by Crippen LogP contribution is 2.22. The van der Waals surface area contributed by atoms with Crippen molar-refractivity contribution in [1.29, 1.82) is 0 Å². The topological polar surface area (TPSA) is 59.2 Å². The normalized spacial score (nSPS) is 10.5. The van der Waals surface area contributed by atoms with Crippen molar-refractivity contribution < 1.29 is 14.3 Å². The third-order valence-electron chi connectivity index (χ3n) is 2.59. The number of aryl methyl sites for hydroxylation is 1. The van der Waals surface area contributed by atoms with Gasteiger partial charge in [-0.15, -0.1) is 0 Å². The summed E-state index contributed by atoms with van der Waals surface area (Å²) in [4.78, 5) is 25.7. The number of aldehydes is 1. The molecule has 1 aromatic carbocycles. The number of esters is 1. The number of fused-ring (bicyclic) bond motifs is 1. The Morgan fingerprint density at radius 1 is 1.47 bits per heavy atom. The third kappa shape index (κ3) is 1.93. The number of rotatable bonds is 3. The Morgan fingerprint density at radius 3 is 2.88 bits per heavy atom. The minimum absolute atomic E-state index is 0.224. The first-order chi connectivity index (χ1) is 8.17. The molecule has 0 aliphatic rings. The fourth-order valence-corrected chi connectivity index (χ4v) is 1.82. The van der Waals surface area contributed by atoms with E-state index in [1.165, 1.54) is 0 Å². The van der Waals surface area contributed by atoms with Crippen LogP contribution < -0.4 is 0 Å². The summed E-state index contributed by atoms with van der Waals surface area (Å²) < 4.78 is 4.90. The van der Waals surface area contributed by atoms with Gasteiger partial charge in [0.15, 0.2) is 6.29 Å². The predicted molar refractivity (Wildman–Crippen MR) is 64.4 cm³/mol. The molecule has 0 fully saturated rings. The fraction of sp³-hybridized carbons (Fsp3) is 0.231. The van der Waals surface area contributed by atoms with Crippen LogP contribution in [-0.2, 0) is 4.74 Å². The minimum Gasteiger partial charge on any atom is -0.461 e. The molecule has 2 aromatic rings. The molecule has 0 radical (unpaired) electrons. The number of nitrogens with one attached hydrogen (secondary N) is 1. The van der Waals surface area contributed by atoms with Crippen molar-refractivity contribution in [2.45, 2.75) is 13.8 Å². The second-order valence-electron chi connectivity index (χ2n) is 3.80. The van der Waals surface area contributed by atoms with E-state index in [4.69, 9.17) is 4.74 Å². The number of carbonyl (C=O) groups is 2. The first kappa shape index (κ1) is 11.4.